The maximum Gasteiger partial charge on any atom is 0.325 e. The van der Waals surface area contributed by atoms with E-state index in [0.29, 0.717) is 16.7 Å². The largest absolute Gasteiger partial charge is 0.480 e. The number of carboxylic acids is 1. The van der Waals surface area contributed by atoms with Gasteiger partial charge in [0.1, 0.15) is 6.04 Å². The molecule has 0 aliphatic heterocycles. The molecule has 0 fully saturated rings. The molecule has 5 heteroatoms. The maximum absolute atomic E-state index is 12.3. The lowest BCUT2D eigenvalue weighted by molar-refractivity contribution is -0.138. The van der Waals surface area contributed by atoms with Crippen molar-refractivity contribution in [1.29, 1.82) is 0 Å². The third-order valence-corrected chi connectivity index (χ3v) is 3.41. The van der Waals surface area contributed by atoms with Crippen LogP contribution in [0, 0.1) is 0 Å². The van der Waals surface area contributed by atoms with E-state index in [-0.39, 0.29) is 5.78 Å². The van der Waals surface area contributed by atoms with Gasteiger partial charge >= 0.3 is 5.97 Å². The van der Waals surface area contributed by atoms with Crippen molar-refractivity contribution in [3.05, 3.63) is 69.7 Å². The summed E-state index contributed by atoms with van der Waals surface area (Å²) < 4.78 is 0.885. The average Bonchev–Trinajstić information content (AvgIpc) is 2.46. The summed E-state index contributed by atoms with van der Waals surface area (Å²) in [7, 11) is 0. The molecule has 0 aliphatic carbocycles. The van der Waals surface area contributed by atoms with Gasteiger partial charge in [-0.2, -0.15) is 0 Å². The number of ketones is 1. The molecule has 1 atom stereocenters. The number of carboxylic acid groups (broad SMARTS) is 1. The number of hydrogen-bond acceptors (Lipinski definition) is 3. The molecule has 2 rings (SSSR count). The number of benzene rings is 2. The smallest absolute Gasteiger partial charge is 0.325 e. The van der Waals surface area contributed by atoms with Crippen molar-refractivity contribution >= 4 is 27.7 Å². The molecule has 4 nitrogen and oxygen atoms in total. The van der Waals surface area contributed by atoms with Crippen LogP contribution in [0.3, 0.4) is 0 Å². The summed E-state index contributed by atoms with van der Waals surface area (Å²) in [4.78, 5) is 23.2. The van der Waals surface area contributed by atoms with Crippen molar-refractivity contribution in [3.8, 4) is 0 Å². The second-order valence-corrected chi connectivity index (χ2v) is 5.19. The lowest BCUT2D eigenvalue weighted by atomic mass is 9.99. The van der Waals surface area contributed by atoms with Gasteiger partial charge in [-0.1, -0.05) is 34.1 Å². The number of hydrogen-bond donors (Lipinski definition) is 2. The van der Waals surface area contributed by atoms with Crippen LogP contribution >= 0.6 is 15.9 Å². The monoisotopic (exact) mass is 333 g/mol. The van der Waals surface area contributed by atoms with Crippen LogP contribution in [0.15, 0.2) is 53.0 Å². The van der Waals surface area contributed by atoms with Gasteiger partial charge in [0.15, 0.2) is 5.78 Å². The first-order valence-electron chi connectivity index (χ1n) is 5.87. The van der Waals surface area contributed by atoms with Gasteiger partial charge in [0, 0.05) is 15.6 Å². The summed E-state index contributed by atoms with van der Waals surface area (Å²) in [5.74, 6) is -1.30. The van der Waals surface area contributed by atoms with Gasteiger partial charge in [-0.25, -0.2) is 0 Å². The molecule has 0 spiro atoms. The van der Waals surface area contributed by atoms with Crippen molar-refractivity contribution in [2.75, 3.05) is 0 Å². The van der Waals surface area contributed by atoms with Crippen LogP contribution in [-0.2, 0) is 4.79 Å². The summed E-state index contributed by atoms with van der Waals surface area (Å²) in [6, 6.07) is 12.2. The Kier molecular flexibility index (Phi) is 4.32. The van der Waals surface area contributed by atoms with Gasteiger partial charge in [-0.05, 0) is 35.9 Å². The van der Waals surface area contributed by atoms with Gasteiger partial charge in [0.25, 0.3) is 0 Å². The van der Waals surface area contributed by atoms with E-state index >= 15 is 0 Å². The zero-order valence-corrected chi connectivity index (χ0v) is 12.0. The van der Waals surface area contributed by atoms with Crippen LogP contribution in [0.5, 0.6) is 0 Å². The zero-order valence-electron chi connectivity index (χ0n) is 10.4. The Balaban J connectivity index is 2.33. The number of carbonyl (C=O) groups excluding carboxylic acids is 1. The Labute approximate surface area is 124 Å². The van der Waals surface area contributed by atoms with Crippen molar-refractivity contribution < 1.29 is 14.7 Å². The fourth-order valence-corrected chi connectivity index (χ4v) is 2.05. The molecule has 0 radical (unpaired) electrons. The highest BCUT2D eigenvalue weighted by Gasteiger charge is 2.16. The van der Waals surface area contributed by atoms with Crippen LogP contribution < -0.4 is 5.73 Å². The van der Waals surface area contributed by atoms with Crippen LogP contribution in [0.2, 0.25) is 0 Å². The standard InChI is InChI=1S/C15H12BrNO3/c16-12-6-4-9(5-7-12)14(18)11-3-1-2-10(8-11)13(17)15(19)20/h1-8,13H,17H2,(H,19,20). The SMILES string of the molecule is NC(C(=O)O)c1cccc(C(=O)c2ccc(Br)cc2)c1. The van der Waals surface area contributed by atoms with Gasteiger partial charge in [-0.15, -0.1) is 0 Å². The first kappa shape index (κ1) is 14.4. The Morgan fingerprint density at radius 2 is 1.70 bits per heavy atom. The Hall–Kier alpha value is -1.98. The predicted octanol–water partition coefficient (Wildman–Crippen LogP) is 2.76. The van der Waals surface area contributed by atoms with E-state index in [2.05, 4.69) is 15.9 Å². The van der Waals surface area contributed by atoms with Crippen LogP contribution in [-0.4, -0.2) is 16.9 Å². The molecule has 0 heterocycles. The molecular weight excluding hydrogens is 322 g/mol. The molecule has 0 saturated carbocycles. The molecule has 20 heavy (non-hydrogen) atoms. The molecule has 0 saturated heterocycles. The van der Waals surface area contributed by atoms with Gasteiger partial charge < -0.3 is 10.8 Å². The lowest BCUT2D eigenvalue weighted by Gasteiger charge is -2.08. The van der Waals surface area contributed by atoms with Crippen molar-refractivity contribution in [1.82, 2.24) is 0 Å². The first-order valence-corrected chi connectivity index (χ1v) is 6.67. The van der Waals surface area contributed by atoms with Crippen LogP contribution in [0.4, 0.5) is 0 Å². The number of nitrogens with two attached hydrogens (primary N) is 1. The minimum absolute atomic E-state index is 0.170. The zero-order chi connectivity index (χ0) is 14.7. The summed E-state index contributed by atoms with van der Waals surface area (Å²) in [6.45, 7) is 0. The minimum atomic E-state index is -1.13. The molecule has 0 aliphatic rings. The fraction of sp³-hybridized carbons (Fsp3) is 0.0667. The van der Waals surface area contributed by atoms with E-state index in [4.69, 9.17) is 10.8 Å². The Morgan fingerprint density at radius 1 is 1.05 bits per heavy atom. The van der Waals surface area contributed by atoms with E-state index in [1.54, 1.807) is 42.5 Å². The van der Waals surface area contributed by atoms with E-state index in [9.17, 15) is 9.59 Å². The van der Waals surface area contributed by atoms with Crippen molar-refractivity contribution in [3.63, 3.8) is 0 Å². The topological polar surface area (TPSA) is 80.4 Å². The second-order valence-electron chi connectivity index (χ2n) is 4.28. The van der Waals surface area contributed by atoms with E-state index in [1.807, 2.05) is 0 Å². The van der Waals surface area contributed by atoms with Crippen molar-refractivity contribution in [2.45, 2.75) is 6.04 Å². The second kappa shape index (κ2) is 5.98. The normalized spacial score (nSPS) is 11.9. The van der Waals surface area contributed by atoms with Gasteiger partial charge in [0.2, 0.25) is 0 Å². The van der Waals surface area contributed by atoms with Gasteiger partial charge in [-0.3, -0.25) is 9.59 Å². The molecule has 2 aromatic carbocycles. The first-order chi connectivity index (χ1) is 9.49. The van der Waals surface area contributed by atoms with Gasteiger partial charge in [0.05, 0.1) is 0 Å². The van der Waals surface area contributed by atoms with E-state index in [1.165, 1.54) is 6.07 Å². The number of halogens is 1. The number of aliphatic carboxylic acids is 1. The molecule has 0 bridgehead atoms. The summed E-state index contributed by atoms with van der Waals surface area (Å²) in [5.41, 5.74) is 6.91. The molecule has 3 N–H and O–H groups in total. The summed E-state index contributed by atoms with van der Waals surface area (Å²) in [6.07, 6.45) is 0. The van der Waals surface area contributed by atoms with E-state index < -0.39 is 12.0 Å². The highest BCUT2D eigenvalue weighted by atomic mass is 79.9. The average molecular weight is 334 g/mol. The lowest BCUT2D eigenvalue weighted by Crippen LogP contribution is -2.20. The maximum atomic E-state index is 12.3. The molecule has 0 amide bonds. The highest BCUT2D eigenvalue weighted by molar-refractivity contribution is 9.10. The summed E-state index contributed by atoms with van der Waals surface area (Å²) in [5, 5.41) is 8.90. The predicted molar refractivity (Wildman–Crippen MR) is 78.6 cm³/mol. The highest BCUT2D eigenvalue weighted by Crippen LogP contribution is 2.17. The fourth-order valence-electron chi connectivity index (χ4n) is 1.78. The van der Waals surface area contributed by atoms with Crippen molar-refractivity contribution in [2.24, 2.45) is 5.73 Å². The number of carbonyl (C=O) groups is 2. The third kappa shape index (κ3) is 3.12. The Morgan fingerprint density at radius 3 is 2.30 bits per heavy atom. The van der Waals surface area contributed by atoms with E-state index in [0.717, 1.165) is 4.47 Å². The molecule has 1 unspecified atom stereocenters. The molecule has 0 aromatic heterocycles. The molecule has 102 valence electrons. The Bertz CT molecular complexity index is 652. The molecular formula is C15H12BrNO3. The van der Waals surface area contributed by atoms with Crippen LogP contribution in [0.25, 0.3) is 0 Å². The number of rotatable bonds is 4. The minimum Gasteiger partial charge on any atom is -0.480 e. The quantitative estimate of drug-likeness (QED) is 0.843. The molecule has 2 aromatic rings. The third-order valence-electron chi connectivity index (χ3n) is 2.88. The summed E-state index contributed by atoms with van der Waals surface area (Å²) >= 11 is 3.30. The van der Waals surface area contributed by atoms with Crippen LogP contribution in [0.1, 0.15) is 27.5 Å².